The normalized spacial score (nSPS) is 24.7. The molecule has 0 spiro atoms. The molecular weight excluding hydrogens is 855 g/mol. The van der Waals surface area contributed by atoms with Crippen LogP contribution in [0.4, 0.5) is 0 Å². The van der Waals surface area contributed by atoms with E-state index in [1.54, 1.807) is 152 Å². The van der Waals surface area contributed by atoms with Gasteiger partial charge in [0.1, 0.15) is 0 Å². The third-order valence-electron chi connectivity index (χ3n) is 10.0. The summed E-state index contributed by atoms with van der Waals surface area (Å²) < 4.78 is 53.3. The average molecular weight is 904 g/mol. The van der Waals surface area contributed by atoms with Crippen LogP contribution in [0, 0.1) is 0 Å². The molecule has 0 saturated carbocycles. The van der Waals surface area contributed by atoms with E-state index in [0.717, 1.165) is 0 Å². The third kappa shape index (κ3) is 9.43. The highest BCUT2D eigenvalue weighted by Gasteiger charge is 2.37. The van der Waals surface area contributed by atoms with Crippen LogP contribution >= 0.6 is 22.3 Å². The summed E-state index contributed by atoms with van der Waals surface area (Å²) in [5, 5.41) is 29.1. The van der Waals surface area contributed by atoms with Crippen LogP contribution in [0.15, 0.2) is 158 Å². The van der Waals surface area contributed by atoms with Gasteiger partial charge in [-0.2, -0.15) is 30.6 Å². The van der Waals surface area contributed by atoms with Gasteiger partial charge in [0.25, 0.3) is 0 Å². The number of hydrazone groups is 6. The molecule has 6 aromatic rings. The zero-order valence-electron chi connectivity index (χ0n) is 35.5. The molecule has 0 fully saturated rings. The highest BCUT2D eigenvalue weighted by Crippen LogP contribution is 2.52. The maximum absolute atomic E-state index is 15.0. The van der Waals surface area contributed by atoms with Crippen LogP contribution in [-0.2, 0) is 13.7 Å². The Bertz CT molecular complexity index is 2400. The zero-order valence-corrected chi connectivity index (χ0v) is 38.2. The zero-order chi connectivity index (χ0) is 44.6. The van der Waals surface area contributed by atoms with Gasteiger partial charge in [-0.1, -0.05) is 54.6 Å². The van der Waals surface area contributed by atoms with Crippen molar-refractivity contribution >= 4 is 75.5 Å². The van der Waals surface area contributed by atoms with E-state index >= 15 is 0 Å². The molecule has 0 saturated heterocycles. The third-order valence-corrected chi connectivity index (χ3v) is 18.2. The van der Waals surface area contributed by atoms with Crippen LogP contribution in [0.5, 0.6) is 0 Å². The molecule has 324 valence electrons. The van der Waals surface area contributed by atoms with E-state index in [-0.39, 0.29) is 0 Å². The van der Waals surface area contributed by atoms with Crippen molar-refractivity contribution in [1.29, 1.82) is 0 Å². The van der Waals surface area contributed by atoms with Gasteiger partial charge in [-0.15, -0.1) is 0 Å². The number of benzene rings is 3. The summed E-state index contributed by atoms with van der Waals surface area (Å²) >= 11 is 0. The van der Waals surface area contributed by atoms with E-state index in [1.165, 1.54) is 28.7 Å². The van der Waals surface area contributed by atoms with E-state index in [1.807, 2.05) is 54.6 Å². The minimum atomic E-state index is -3.62. The second-order valence-corrected chi connectivity index (χ2v) is 22.4. The number of nitrogens with zero attached hydrogens (tertiary/aromatic N) is 12. The molecule has 0 aliphatic carbocycles. The van der Waals surface area contributed by atoms with Gasteiger partial charge in [0.15, 0.2) is 0 Å². The van der Waals surface area contributed by atoms with E-state index in [9.17, 15) is 13.7 Å². The molecule has 3 aromatic heterocycles. The van der Waals surface area contributed by atoms with Crippen LogP contribution < -0.4 is 15.9 Å². The molecule has 3 N–H and O–H groups in total. The van der Waals surface area contributed by atoms with E-state index < -0.39 is 22.3 Å². The summed E-state index contributed by atoms with van der Waals surface area (Å²) in [5.41, 5.74) is 3.65. The van der Waals surface area contributed by atoms with Gasteiger partial charge in [0, 0.05) is 42.3 Å². The molecule has 21 heteroatoms. The van der Waals surface area contributed by atoms with Crippen LogP contribution in [0.25, 0.3) is 0 Å². The number of aromatic nitrogens is 3. The molecule has 7 rings (SSSR count). The van der Waals surface area contributed by atoms with Gasteiger partial charge in [-0.3, -0.25) is 13.7 Å². The quantitative estimate of drug-likeness (QED) is 0.173. The smallest absolute Gasteiger partial charge is 0.322 e. The number of fused-ring (bicyclic) bond motifs is 6. The Morgan fingerprint density at radius 1 is 0.302 bits per heavy atom. The molecule has 1 aliphatic rings. The Morgan fingerprint density at radius 2 is 0.476 bits per heavy atom. The fourth-order valence-corrected chi connectivity index (χ4v) is 12.4. The van der Waals surface area contributed by atoms with Gasteiger partial charge in [0.2, 0.25) is 0 Å². The van der Waals surface area contributed by atoms with Gasteiger partial charge >= 0.3 is 22.3 Å². The molecule has 0 radical (unpaired) electrons. The standard InChI is InChI=1S/C42H48N15O3P3/c1-52-43-28-34-22-23-36(49-34)30-45-54(3)62(59,41-18-12-8-13-19-41)56(5)47-32-38-26-27-39(51-38)33-48-57(6)63(60,42-20-14-9-15-21-42)55(4)46-31-37-25-24-35(50-37)29-44-53(2)61(52,58)40-16-10-7-11-17-40/h7-33,49-51H,1-6H3/b43-28+,44-29+,45-30+,46-31+,47-32+,48-33+. The molecule has 0 unspecified atom stereocenters. The Kier molecular flexibility index (Phi) is 13.3. The molecule has 0 amide bonds. The lowest BCUT2D eigenvalue weighted by atomic mass is 10.4. The number of hydrogen-bond donors (Lipinski definition) is 3. The first-order chi connectivity index (χ1) is 30.3. The predicted octanol–water partition coefficient (Wildman–Crippen LogP) is 6.23. The second kappa shape index (κ2) is 19.0. The minimum absolute atomic E-state index is 0.520. The fourth-order valence-electron chi connectivity index (χ4n) is 6.47. The first kappa shape index (κ1) is 44.1. The van der Waals surface area contributed by atoms with Crippen molar-refractivity contribution < 1.29 is 13.7 Å². The van der Waals surface area contributed by atoms with Gasteiger partial charge in [-0.25, -0.2) is 28.7 Å². The van der Waals surface area contributed by atoms with Crippen molar-refractivity contribution in [3.8, 4) is 0 Å². The van der Waals surface area contributed by atoms with Crippen LogP contribution in [0.2, 0.25) is 0 Å². The number of H-pyrrole nitrogens is 3. The second-order valence-electron chi connectivity index (χ2n) is 14.1. The molecule has 63 heavy (non-hydrogen) atoms. The van der Waals surface area contributed by atoms with E-state index in [2.05, 4.69) is 45.6 Å². The van der Waals surface area contributed by atoms with E-state index in [0.29, 0.717) is 50.1 Å². The van der Waals surface area contributed by atoms with Crippen LogP contribution in [0.3, 0.4) is 0 Å². The summed E-state index contributed by atoms with van der Waals surface area (Å²) in [6.45, 7) is 0. The summed E-state index contributed by atoms with van der Waals surface area (Å²) in [6.07, 6.45) is 9.36. The van der Waals surface area contributed by atoms with Gasteiger partial charge < -0.3 is 15.0 Å². The molecule has 4 heterocycles. The van der Waals surface area contributed by atoms with Crippen molar-refractivity contribution in [2.45, 2.75) is 0 Å². The topological polar surface area (TPSA) is 192 Å². The number of nitrogens with one attached hydrogen (secondary N) is 3. The molecule has 6 bridgehead atoms. The lowest BCUT2D eigenvalue weighted by Crippen LogP contribution is -2.28. The predicted molar refractivity (Wildman–Crippen MR) is 256 cm³/mol. The first-order valence-electron chi connectivity index (χ1n) is 19.5. The Labute approximate surface area is 366 Å². The van der Waals surface area contributed by atoms with Gasteiger partial charge in [0.05, 0.1) is 87.4 Å². The van der Waals surface area contributed by atoms with Gasteiger partial charge in [-0.05, 0) is 72.8 Å². The number of aromatic amines is 3. The minimum Gasteiger partial charge on any atom is -0.353 e. The average Bonchev–Trinajstić information content (AvgIpc) is 4.10. The largest absolute Gasteiger partial charge is 0.353 e. The van der Waals surface area contributed by atoms with Crippen molar-refractivity contribution in [2.75, 3.05) is 42.3 Å². The maximum Gasteiger partial charge on any atom is 0.322 e. The first-order valence-corrected chi connectivity index (χ1v) is 24.4. The van der Waals surface area contributed by atoms with Crippen molar-refractivity contribution in [1.82, 2.24) is 43.6 Å². The molecule has 0 atom stereocenters. The highest BCUT2D eigenvalue weighted by molar-refractivity contribution is 7.67. The van der Waals surface area contributed by atoms with Crippen LogP contribution in [-0.4, -0.2) is 123 Å². The summed E-state index contributed by atoms with van der Waals surface area (Å²) in [6, 6.07) is 37.9. The fraction of sp³-hybridized carbons (Fsp3) is 0.143. The Morgan fingerprint density at radius 3 is 0.651 bits per heavy atom. The molecule has 18 nitrogen and oxygen atoms in total. The maximum atomic E-state index is 15.0. The summed E-state index contributed by atoms with van der Waals surface area (Å²) in [4.78, 5) is 9.72. The Balaban J connectivity index is 1.28. The number of hydrogen-bond acceptors (Lipinski definition) is 9. The number of rotatable bonds is 3. The highest BCUT2D eigenvalue weighted by atomic mass is 31.2. The van der Waals surface area contributed by atoms with Crippen LogP contribution in [0.1, 0.15) is 34.2 Å². The molecule has 3 aromatic carbocycles. The van der Waals surface area contributed by atoms with Crippen molar-refractivity contribution in [3.63, 3.8) is 0 Å². The molecule has 1 aliphatic heterocycles. The SMILES string of the molecule is CN1/N=C/c2ccc([nH]2)/C=N/N(C)P(=O)(c2ccccc2)N(C)/N=C/c2ccc([nH]2)/C=N/N(C)P(=O)(c2ccccc2)N(C)/N=C/c2ccc([nH]2)/C=N/N(C)P1(=O)c1ccccc1. The van der Waals surface area contributed by atoms with Crippen molar-refractivity contribution in [3.05, 3.63) is 162 Å². The van der Waals surface area contributed by atoms with Crippen molar-refractivity contribution in [2.24, 2.45) is 30.6 Å². The molecular formula is C42H48N15O3P3. The Hall–Kier alpha value is -6.99. The van der Waals surface area contributed by atoms with E-state index in [4.69, 9.17) is 0 Å². The summed E-state index contributed by atoms with van der Waals surface area (Å²) in [5.74, 6) is 0. The lowest BCUT2D eigenvalue weighted by molar-refractivity contribution is 0.419. The summed E-state index contributed by atoms with van der Waals surface area (Å²) in [7, 11) is -1.09. The monoisotopic (exact) mass is 903 g/mol. The lowest BCUT2D eigenvalue weighted by Gasteiger charge is -2.31.